The molecule has 1 aromatic carbocycles. The summed E-state index contributed by atoms with van der Waals surface area (Å²) < 4.78 is 2.28. The molecule has 3 rings (SSSR count). The van der Waals surface area contributed by atoms with Gasteiger partial charge < -0.3 is 15.0 Å². The zero-order valence-electron chi connectivity index (χ0n) is 19.8. The predicted molar refractivity (Wildman–Crippen MR) is 139 cm³/mol. The highest BCUT2D eigenvalue weighted by Gasteiger charge is 2.20. The molecule has 2 N–H and O–H groups in total. The van der Waals surface area contributed by atoms with Gasteiger partial charge in [-0.05, 0) is 53.5 Å². The largest absolute Gasteiger partial charge is 0.395 e. The lowest BCUT2D eigenvalue weighted by atomic mass is 10.1. The highest BCUT2D eigenvalue weighted by Crippen LogP contribution is 2.45. The second kappa shape index (κ2) is 12.1. The van der Waals surface area contributed by atoms with E-state index in [0.29, 0.717) is 6.54 Å². The van der Waals surface area contributed by atoms with Crippen molar-refractivity contribution in [2.45, 2.75) is 32.7 Å². The highest BCUT2D eigenvalue weighted by atomic mass is 32.3. The van der Waals surface area contributed by atoms with E-state index in [1.807, 2.05) is 0 Å². The molecule has 0 bridgehead atoms. The van der Waals surface area contributed by atoms with Crippen LogP contribution in [0.4, 0.5) is 5.69 Å². The van der Waals surface area contributed by atoms with Gasteiger partial charge in [-0.3, -0.25) is 0 Å². The molecule has 1 aliphatic heterocycles. The Kier molecular flexibility index (Phi) is 9.21. The average Bonchev–Trinajstić information content (AvgIpc) is 3.15. The van der Waals surface area contributed by atoms with Gasteiger partial charge in [0.15, 0.2) is 12.4 Å². The third kappa shape index (κ3) is 7.40. The number of nitrogens with one attached hydrogen (secondary N) is 1. The Bertz CT molecular complexity index is 876. The second-order valence-electron chi connectivity index (χ2n) is 8.56. The van der Waals surface area contributed by atoms with E-state index in [0.717, 1.165) is 19.5 Å². The van der Waals surface area contributed by atoms with E-state index in [4.69, 9.17) is 0 Å². The van der Waals surface area contributed by atoms with Crippen molar-refractivity contribution in [2.75, 3.05) is 43.7 Å². The maximum Gasteiger partial charge on any atom is 0.169 e. The van der Waals surface area contributed by atoms with Crippen LogP contribution in [0.2, 0.25) is 0 Å². The molecule has 0 saturated carbocycles. The van der Waals surface area contributed by atoms with Gasteiger partial charge in [0.25, 0.3) is 0 Å². The Hall–Kier alpha value is -2.28. The van der Waals surface area contributed by atoms with Crippen LogP contribution in [0, 0.1) is 0 Å². The molecule has 6 heteroatoms. The molecule has 1 atom stereocenters. The van der Waals surface area contributed by atoms with Crippen LogP contribution >= 0.6 is 10.2 Å². The second-order valence-corrected chi connectivity index (χ2v) is 11.7. The Labute approximate surface area is 195 Å². The molecule has 1 aromatic heterocycles. The number of rotatable bonds is 12. The summed E-state index contributed by atoms with van der Waals surface area (Å²) in [4.78, 5) is 5.79. The summed E-state index contributed by atoms with van der Waals surface area (Å²) in [5.41, 5.74) is 3.56. The number of hydrogen-bond acceptors (Lipinski definition) is 4. The minimum Gasteiger partial charge on any atom is -0.395 e. The van der Waals surface area contributed by atoms with Crippen LogP contribution in [-0.2, 0) is 6.54 Å². The molecule has 2 aromatic rings. The smallest absolute Gasteiger partial charge is 0.169 e. The molecule has 0 saturated heterocycles. The summed E-state index contributed by atoms with van der Waals surface area (Å²) in [5, 5.41) is 13.7. The van der Waals surface area contributed by atoms with E-state index < -0.39 is 10.2 Å². The lowest BCUT2D eigenvalue weighted by Crippen LogP contribution is -2.33. The van der Waals surface area contributed by atoms with E-state index in [-0.39, 0.29) is 6.61 Å². The minimum atomic E-state index is -0.798. The molecule has 0 fully saturated rings. The Morgan fingerprint density at radius 3 is 2.31 bits per heavy atom. The van der Waals surface area contributed by atoms with Crippen molar-refractivity contribution in [3.05, 3.63) is 71.5 Å². The lowest BCUT2D eigenvalue weighted by Gasteiger charge is -2.30. The first-order valence-electron chi connectivity index (χ1n) is 11.6. The van der Waals surface area contributed by atoms with Gasteiger partial charge in [-0.15, -0.1) is 0 Å². The highest BCUT2D eigenvalue weighted by molar-refractivity contribution is 8.34. The first kappa shape index (κ1) is 24.4. The third-order valence-electron chi connectivity index (χ3n) is 5.68. The molecule has 0 aliphatic carbocycles. The Morgan fingerprint density at radius 2 is 1.72 bits per heavy atom. The van der Waals surface area contributed by atoms with Crippen LogP contribution in [0.5, 0.6) is 0 Å². The fourth-order valence-corrected chi connectivity index (χ4v) is 6.17. The van der Waals surface area contributed by atoms with E-state index in [1.54, 1.807) is 0 Å². The SMILES string of the molecule is CCCN(CCO)c1ccc(/C=C/c2cc[n+](CCCCS3(C)C=CN(C)N3)cc2)cc1. The van der Waals surface area contributed by atoms with Gasteiger partial charge in [-0.25, -0.2) is 4.57 Å². The number of hydrogen-bond donors (Lipinski definition) is 2. The maximum absolute atomic E-state index is 9.27. The van der Waals surface area contributed by atoms with Gasteiger partial charge in [-0.2, -0.15) is 15.0 Å². The van der Waals surface area contributed by atoms with Crippen LogP contribution in [-0.4, -0.2) is 48.9 Å². The van der Waals surface area contributed by atoms with Gasteiger partial charge in [0.05, 0.1) is 6.61 Å². The van der Waals surface area contributed by atoms with Crippen molar-refractivity contribution >= 4 is 28.1 Å². The number of hydrazine groups is 1. The van der Waals surface area contributed by atoms with E-state index in [9.17, 15) is 5.11 Å². The summed E-state index contributed by atoms with van der Waals surface area (Å²) in [5.74, 6) is 1.23. The van der Waals surface area contributed by atoms with E-state index in [1.165, 1.54) is 35.4 Å². The molecule has 0 spiro atoms. The zero-order chi connectivity index (χ0) is 22.8. The lowest BCUT2D eigenvalue weighted by molar-refractivity contribution is -0.697. The van der Waals surface area contributed by atoms with Gasteiger partial charge in [0.2, 0.25) is 0 Å². The predicted octanol–water partition coefficient (Wildman–Crippen LogP) is 4.40. The number of unbranched alkanes of at least 4 members (excludes halogenated alkanes) is 1. The number of anilines is 1. The topological polar surface area (TPSA) is 42.6 Å². The van der Waals surface area contributed by atoms with Gasteiger partial charge in [0.1, 0.15) is 6.54 Å². The standard InChI is InChI=1S/C26H39N4OS/c1-4-15-30(19-21-31)26-11-9-24(10-12-26)7-8-25-13-17-29(18-14-25)16-5-6-22-32(3)23-20-28(2)27-32/h7-14,17-18,20,23,27,31H,4-6,15-16,19,21-22H2,1-3H3/q+1. The Morgan fingerprint density at radius 1 is 1.03 bits per heavy atom. The monoisotopic (exact) mass is 455 g/mol. The third-order valence-corrected chi connectivity index (χ3v) is 8.24. The number of aryl methyl sites for hydroxylation is 1. The van der Waals surface area contributed by atoms with Crippen LogP contribution in [0.25, 0.3) is 12.2 Å². The summed E-state index contributed by atoms with van der Waals surface area (Å²) in [6, 6.07) is 12.9. The number of nitrogens with zero attached hydrogens (tertiary/aromatic N) is 3. The van der Waals surface area contributed by atoms with Crippen molar-refractivity contribution in [3.8, 4) is 0 Å². The summed E-state index contributed by atoms with van der Waals surface area (Å²) in [6.45, 7) is 5.05. The van der Waals surface area contributed by atoms with Crippen molar-refractivity contribution < 1.29 is 9.67 Å². The van der Waals surface area contributed by atoms with Crippen LogP contribution in [0.1, 0.15) is 37.3 Å². The molecule has 2 heterocycles. The molecule has 0 amide bonds. The van der Waals surface area contributed by atoms with Gasteiger partial charge in [0, 0.05) is 50.6 Å². The average molecular weight is 456 g/mol. The van der Waals surface area contributed by atoms with E-state index >= 15 is 0 Å². The molecule has 174 valence electrons. The van der Waals surface area contributed by atoms with Crippen molar-refractivity contribution in [1.82, 2.24) is 9.84 Å². The molecule has 5 nitrogen and oxygen atoms in total. The summed E-state index contributed by atoms with van der Waals surface area (Å²) in [7, 11) is 1.27. The van der Waals surface area contributed by atoms with Crippen LogP contribution < -0.4 is 14.3 Å². The number of aliphatic hydroxyl groups excluding tert-OH is 1. The molecule has 1 aliphatic rings. The number of pyridine rings is 1. The first-order chi connectivity index (χ1) is 15.5. The summed E-state index contributed by atoms with van der Waals surface area (Å²) in [6.07, 6.45) is 16.6. The van der Waals surface area contributed by atoms with Crippen molar-refractivity contribution in [3.63, 3.8) is 0 Å². The number of benzene rings is 1. The minimum absolute atomic E-state index is 0.183. The van der Waals surface area contributed by atoms with E-state index in [2.05, 4.69) is 112 Å². The summed E-state index contributed by atoms with van der Waals surface area (Å²) >= 11 is 0. The molecule has 0 radical (unpaired) electrons. The normalized spacial score (nSPS) is 20.1. The number of aliphatic hydroxyl groups is 1. The van der Waals surface area contributed by atoms with Crippen molar-refractivity contribution in [2.24, 2.45) is 0 Å². The molecular formula is C26H39N4OS+. The quantitative estimate of drug-likeness (QED) is 0.368. The molecule has 32 heavy (non-hydrogen) atoms. The number of aromatic nitrogens is 1. The molecule has 1 unspecified atom stereocenters. The zero-order valence-corrected chi connectivity index (χ0v) is 20.6. The van der Waals surface area contributed by atoms with Crippen LogP contribution in [0.3, 0.4) is 0 Å². The molecular weight excluding hydrogens is 416 g/mol. The Balaban J connectivity index is 1.46. The van der Waals surface area contributed by atoms with Crippen LogP contribution in [0.15, 0.2) is 60.4 Å². The van der Waals surface area contributed by atoms with Crippen molar-refractivity contribution in [1.29, 1.82) is 0 Å². The van der Waals surface area contributed by atoms with Gasteiger partial charge in [-0.1, -0.05) is 31.2 Å². The maximum atomic E-state index is 9.27. The fraction of sp³-hybridized carbons (Fsp3) is 0.423. The first-order valence-corrected chi connectivity index (χ1v) is 13.9. The van der Waals surface area contributed by atoms with Gasteiger partial charge >= 0.3 is 0 Å². The fourth-order valence-electron chi connectivity index (χ4n) is 3.90.